The van der Waals surface area contributed by atoms with E-state index in [0.717, 1.165) is 12.5 Å². The van der Waals surface area contributed by atoms with Crippen molar-refractivity contribution in [3.05, 3.63) is 24.1 Å². The zero-order valence-corrected chi connectivity index (χ0v) is 10.8. The molecule has 0 unspecified atom stereocenters. The van der Waals surface area contributed by atoms with E-state index < -0.39 is 32.4 Å². The summed E-state index contributed by atoms with van der Waals surface area (Å²) >= 11 is 0. The second-order valence-corrected chi connectivity index (χ2v) is 6.20. The molecule has 1 aromatic heterocycles. The monoisotopic (exact) mass is 288 g/mol. The van der Waals surface area contributed by atoms with E-state index in [-0.39, 0.29) is 6.42 Å². The summed E-state index contributed by atoms with van der Waals surface area (Å²) in [6, 6.07) is 2.27. The van der Waals surface area contributed by atoms with Crippen LogP contribution in [0.3, 0.4) is 0 Å². The number of halogens is 1. The van der Waals surface area contributed by atoms with Gasteiger partial charge in [-0.05, 0) is 31.4 Å². The second kappa shape index (κ2) is 4.86. The number of hydrogen-bond acceptors (Lipinski definition) is 4. The van der Waals surface area contributed by atoms with Gasteiger partial charge in [0.25, 0.3) is 10.0 Å². The van der Waals surface area contributed by atoms with Gasteiger partial charge in [0, 0.05) is 11.7 Å². The highest BCUT2D eigenvalue weighted by molar-refractivity contribution is 7.89. The van der Waals surface area contributed by atoms with Crippen molar-refractivity contribution in [3.8, 4) is 0 Å². The van der Waals surface area contributed by atoms with Crippen LogP contribution in [0, 0.1) is 5.82 Å². The molecular weight excluding hydrogens is 275 g/mol. The normalized spacial score (nSPS) is 17.7. The van der Waals surface area contributed by atoms with Crippen LogP contribution in [0.15, 0.2) is 23.4 Å². The third kappa shape index (κ3) is 2.90. The maximum atomic E-state index is 13.4. The van der Waals surface area contributed by atoms with Crippen LogP contribution in [0.2, 0.25) is 0 Å². The van der Waals surface area contributed by atoms with E-state index in [4.69, 9.17) is 5.11 Å². The van der Waals surface area contributed by atoms with Crippen molar-refractivity contribution in [2.24, 2.45) is 0 Å². The molecule has 1 aromatic rings. The molecule has 0 aromatic carbocycles. The Labute approximate surface area is 109 Å². The summed E-state index contributed by atoms with van der Waals surface area (Å²) in [5, 5.41) is 8.11. The van der Waals surface area contributed by atoms with E-state index in [2.05, 4.69) is 9.71 Å². The van der Waals surface area contributed by atoms with Gasteiger partial charge in [0.05, 0.1) is 6.42 Å². The molecule has 1 aliphatic rings. The number of sulfonamides is 1. The van der Waals surface area contributed by atoms with Crippen molar-refractivity contribution in [3.63, 3.8) is 0 Å². The van der Waals surface area contributed by atoms with Gasteiger partial charge in [0.1, 0.15) is 0 Å². The lowest BCUT2D eigenvalue weighted by Crippen LogP contribution is -2.54. The first-order chi connectivity index (χ1) is 8.85. The first-order valence-electron chi connectivity index (χ1n) is 5.71. The summed E-state index contributed by atoms with van der Waals surface area (Å²) < 4.78 is 39.8. The standard InChI is InChI=1S/C11H13FN2O4S/c12-8-3-1-6-13-10(8)19(17,18)14-11(4-2-5-11)7-9(15)16/h1,3,6,14H,2,4-5,7H2,(H,15,16). The van der Waals surface area contributed by atoms with Crippen LogP contribution < -0.4 is 4.72 Å². The highest BCUT2D eigenvalue weighted by Gasteiger charge is 2.43. The Morgan fingerprint density at radius 1 is 1.53 bits per heavy atom. The molecule has 0 bridgehead atoms. The van der Waals surface area contributed by atoms with E-state index >= 15 is 0 Å². The van der Waals surface area contributed by atoms with Gasteiger partial charge in [-0.25, -0.2) is 22.5 Å². The largest absolute Gasteiger partial charge is 0.481 e. The Kier molecular flexibility index (Phi) is 3.55. The summed E-state index contributed by atoms with van der Waals surface area (Å²) in [5.41, 5.74) is -1.02. The van der Waals surface area contributed by atoms with Crippen molar-refractivity contribution < 1.29 is 22.7 Å². The molecule has 1 fully saturated rings. The quantitative estimate of drug-likeness (QED) is 0.839. The number of nitrogens with one attached hydrogen (secondary N) is 1. The van der Waals surface area contributed by atoms with Gasteiger partial charge in [-0.1, -0.05) is 0 Å². The van der Waals surface area contributed by atoms with Crippen molar-refractivity contribution in [1.82, 2.24) is 9.71 Å². The van der Waals surface area contributed by atoms with E-state index in [0.29, 0.717) is 12.8 Å². The fourth-order valence-electron chi connectivity index (χ4n) is 2.11. The fraction of sp³-hybridized carbons (Fsp3) is 0.455. The zero-order chi connectivity index (χ0) is 14.1. The molecule has 2 N–H and O–H groups in total. The molecule has 8 heteroatoms. The second-order valence-electron chi connectivity index (χ2n) is 4.60. The SMILES string of the molecule is O=C(O)CC1(NS(=O)(=O)c2ncccc2F)CCC1. The molecule has 0 atom stereocenters. The molecule has 0 spiro atoms. The third-order valence-corrected chi connectivity index (χ3v) is 4.64. The summed E-state index contributed by atoms with van der Waals surface area (Å²) in [6.07, 6.45) is 2.43. The molecule has 19 heavy (non-hydrogen) atoms. The van der Waals surface area contributed by atoms with Crippen LogP contribution in [0.25, 0.3) is 0 Å². The minimum Gasteiger partial charge on any atom is -0.481 e. The lowest BCUT2D eigenvalue weighted by atomic mass is 9.75. The van der Waals surface area contributed by atoms with Gasteiger partial charge in [-0.15, -0.1) is 0 Å². The average Bonchev–Trinajstić information content (AvgIpc) is 2.25. The number of rotatable bonds is 5. The van der Waals surface area contributed by atoms with Crippen molar-refractivity contribution in [2.45, 2.75) is 36.2 Å². The molecule has 1 saturated carbocycles. The Morgan fingerprint density at radius 3 is 2.68 bits per heavy atom. The van der Waals surface area contributed by atoms with E-state index in [1.54, 1.807) is 0 Å². The molecule has 0 aliphatic heterocycles. The summed E-state index contributed by atoms with van der Waals surface area (Å²) in [5.74, 6) is -2.05. The summed E-state index contributed by atoms with van der Waals surface area (Å²) in [6.45, 7) is 0. The maximum absolute atomic E-state index is 13.4. The first-order valence-corrected chi connectivity index (χ1v) is 7.19. The first kappa shape index (κ1) is 13.9. The van der Waals surface area contributed by atoms with Crippen LogP contribution in [0.5, 0.6) is 0 Å². The molecule has 1 aliphatic carbocycles. The molecule has 2 rings (SSSR count). The molecule has 1 heterocycles. The van der Waals surface area contributed by atoms with E-state index in [1.165, 1.54) is 12.3 Å². The average molecular weight is 288 g/mol. The number of carboxylic acids is 1. The molecule has 104 valence electrons. The number of hydrogen-bond donors (Lipinski definition) is 2. The van der Waals surface area contributed by atoms with Crippen molar-refractivity contribution in [2.75, 3.05) is 0 Å². The Morgan fingerprint density at radius 2 is 2.21 bits per heavy atom. The minimum atomic E-state index is -4.15. The van der Waals surface area contributed by atoms with Crippen LogP contribution in [0.4, 0.5) is 4.39 Å². The molecule has 0 saturated heterocycles. The Bertz CT molecular complexity index is 598. The van der Waals surface area contributed by atoms with Crippen LogP contribution in [-0.4, -0.2) is 30.0 Å². The molecule has 0 amide bonds. The number of nitrogens with zero attached hydrogens (tertiary/aromatic N) is 1. The van der Waals surface area contributed by atoms with Crippen LogP contribution in [0.1, 0.15) is 25.7 Å². The Balaban J connectivity index is 2.26. The van der Waals surface area contributed by atoms with Crippen LogP contribution in [-0.2, 0) is 14.8 Å². The van der Waals surface area contributed by atoms with Crippen molar-refractivity contribution in [1.29, 1.82) is 0 Å². The predicted molar refractivity (Wildman–Crippen MR) is 63.4 cm³/mol. The third-order valence-electron chi connectivity index (χ3n) is 3.13. The number of aromatic nitrogens is 1. The zero-order valence-electron chi connectivity index (χ0n) is 9.97. The van der Waals surface area contributed by atoms with E-state index in [9.17, 15) is 17.6 Å². The maximum Gasteiger partial charge on any atom is 0.305 e. The fourth-order valence-corrected chi connectivity index (χ4v) is 3.58. The predicted octanol–water partition coefficient (Wildman–Crippen LogP) is 0.896. The number of carboxylic acid groups (broad SMARTS) is 1. The highest BCUT2D eigenvalue weighted by atomic mass is 32.2. The van der Waals surface area contributed by atoms with Crippen LogP contribution >= 0.6 is 0 Å². The van der Waals surface area contributed by atoms with Gasteiger partial charge < -0.3 is 5.11 Å². The molecule has 6 nitrogen and oxygen atoms in total. The topological polar surface area (TPSA) is 96.4 Å². The van der Waals surface area contributed by atoms with Gasteiger partial charge >= 0.3 is 5.97 Å². The number of carbonyl (C=O) groups is 1. The van der Waals surface area contributed by atoms with Crippen molar-refractivity contribution >= 4 is 16.0 Å². The molecular formula is C11H13FN2O4S. The minimum absolute atomic E-state index is 0.319. The summed E-state index contributed by atoms with van der Waals surface area (Å²) in [7, 11) is -4.15. The highest BCUT2D eigenvalue weighted by Crippen LogP contribution is 2.36. The van der Waals surface area contributed by atoms with Gasteiger partial charge in [-0.2, -0.15) is 0 Å². The molecule has 0 radical (unpaired) electrons. The lowest BCUT2D eigenvalue weighted by molar-refractivity contribution is -0.139. The number of pyridine rings is 1. The van der Waals surface area contributed by atoms with Gasteiger partial charge in [-0.3, -0.25) is 4.79 Å². The Hall–Kier alpha value is -1.54. The smallest absolute Gasteiger partial charge is 0.305 e. The number of aliphatic carboxylic acids is 1. The van der Waals surface area contributed by atoms with Gasteiger partial charge in [0.15, 0.2) is 5.82 Å². The lowest BCUT2D eigenvalue weighted by Gasteiger charge is -2.40. The summed E-state index contributed by atoms with van der Waals surface area (Å²) in [4.78, 5) is 14.3. The van der Waals surface area contributed by atoms with E-state index in [1.807, 2.05) is 0 Å². The van der Waals surface area contributed by atoms with Gasteiger partial charge in [0.2, 0.25) is 5.03 Å².